The van der Waals surface area contributed by atoms with E-state index in [4.69, 9.17) is 5.11 Å². The lowest BCUT2D eigenvalue weighted by Crippen LogP contribution is -2.28. The van der Waals surface area contributed by atoms with E-state index in [1.807, 2.05) is 19.1 Å². The van der Waals surface area contributed by atoms with Crippen LogP contribution in [0.15, 0.2) is 30.3 Å². The van der Waals surface area contributed by atoms with E-state index in [-0.39, 0.29) is 11.3 Å². The number of amides is 2. The Labute approximate surface area is 124 Å². The van der Waals surface area contributed by atoms with Crippen molar-refractivity contribution < 1.29 is 19.1 Å². The number of aryl methyl sites for hydroxylation is 1. The molecule has 0 saturated heterocycles. The topological polar surface area (TPSA) is 78.4 Å². The molecule has 110 valence electrons. The predicted molar refractivity (Wildman–Crippen MR) is 78.3 cm³/mol. The number of carboxylic acid groups (broad SMARTS) is 1. The van der Waals surface area contributed by atoms with Crippen LogP contribution in [-0.4, -0.2) is 17.1 Å². The van der Waals surface area contributed by atoms with Crippen molar-refractivity contribution in [1.82, 2.24) is 5.32 Å². The third-order valence-electron chi connectivity index (χ3n) is 2.68. The molecule has 1 aromatic carbocycles. The van der Waals surface area contributed by atoms with Crippen LogP contribution in [0.2, 0.25) is 0 Å². The molecule has 0 radical (unpaired) electrons. The molecule has 0 bridgehead atoms. The number of carboxylic acids is 1. The number of hydrogen-bond acceptors (Lipinski definition) is 3. The number of nitrogens with one attached hydrogen (secondary N) is 2. The first kappa shape index (κ1) is 15.0. The van der Waals surface area contributed by atoms with Gasteiger partial charge in [0.1, 0.15) is 5.82 Å². The maximum Gasteiger partial charge on any atom is 0.335 e. The van der Waals surface area contributed by atoms with E-state index < -0.39 is 17.8 Å². The van der Waals surface area contributed by atoms with Crippen molar-refractivity contribution in [2.75, 3.05) is 5.32 Å². The fraction of sp³-hybridized carbons (Fsp3) is 0.143. The molecule has 0 aliphatic heterocycles. The van der Waals surface area contributed by atoms with Gasteiger partial charge in [-0.2, -0.15) is 0 Å². The molecule has 0 spiro atoms. The number of carbonyl (C=O) groups is 2. The summed E-state index contributed by atoms with van der Waals surface area (Å²) in [6, 6.07) is 6.60. The molecule has 0 aliphatic carbocycles. The highest BCUT2D eigenvalue weighted by molar-refractivity contribution is 7.11. The molecule has 0 saturated carbocycles. The lowest BCUT2D eigenvalue weighted by atomic mass is 10.2. The first-order chi connectivity index (χ1) is 9.95. The average Bonchev–Trinajstić information content (AvgIpc) is 2.84. The Morgan fingerprint density at radius 1 is 1.29 bits per heavy atom. The monoisotopic (exact) mass is 308 g/mol. The first-order valence-corrected chi connectivity index (χ1v) is 6.90. The summed E-state index contributed by atoms with van der Waals surface area (Å²) in [5.41, 5.74) is -0.243. The highest BCUT2D eigenvalue weighted by Crippen LogP contribution is 2.17. The standard InChI is InChI=1S/C14H13FN2O3S/c1-8-2-4-10(21-8)7-16-14(20)17-12-5-3-9(13(18)19)6-11(12)15/h2-6H,7H2,1H3,(H,18,19)(H2,16,17,20). The zero-order chi connectivity index (χ0) is 15.4. The highest BCUT2D eigenvalue weighted by Gasteiger charge is 2.10. The molecule has 0 unspecified atom stereocenters. The minimum Gasteiger partial charge on any atom is -0.478 e. The Kier molecular flexibility index (Phi) is 4.54. The molecule has 7 heteroatoms. The summed E-state index contributed by atoms with van der Waals surface area (Å²) in [7, 11) is 0. The van der Waals surface area contributed by atoms with Gasteiger partial charge >= 0.3 is 12.0 Å². The zero-order valence-electron chi connectivity index (χ0n) is 11.1. The fourth-order valence-electron chi connectivity index (χ4n) is 1.66. The maximum atomic E-state index is 13.6. The van der Waals surface area contributed by atoms with Gasteiger partial charge in [-0.1, -0.05) is 0 Å². The summed E-state index contributed by atoms with van der Waals surface area (Å²) in [5, 5.41) is 13.7. The molecular weight excluding hydrogens is 295 g/mol. The van der Waals surface area contributed by atoms with Gasteiger partial charge in [0, 0.05) is 9.75 Å². The van der Waals surface area contributed by atoms with Gasteiger partial charge in [-0.05, 0) is 37.3 Å². The number of thiophene rings is 1. The lowest BCUT2D eigenvalue weighted by molar-refractivity contribution is 0.0696. The van der Waals surface area contributed by atoms with Crippen molar-refractivity contribution in [1.29, 1.82) is 0 Å². The summed E-state index contributed by atoms with van der Waals surface area (Å²) in [5.74, 6) is -2.02. The average molecular weight is 308 g/mol. The van der Waals surface area contributed by atoms with Crippen molar-refractivity contribution in [3.05, 3.63) is 51.5 Å². The molecule has 21 heavy (non-hydrogen) atoms. The van der Waals surface area contributed by atoms with Crippen LogP contribution in [0, 0.1) is 12.7 Å². The first-order valence-electron chi connectivity index (χ1n) is 6.08. The lowest BCUT2D eigenvalue weighted by Gasteiger charge is -2.08. The van der Waals surface area contributed by atoms with E-state index in [9.17, 15) is 14.0 Å². The Bertz CT molecular complexity index is 685. The van der Waals surface area contributed by atoms with Gasteiger partial charge in [0.2, 0.25) is 0 Å². The third-order valence-corrected chi connectivity index (χ3v) is 3.68. The Morgan fingerprint density at radius 3 is 2.62 bits per heavy atom. The second-order valence-corrected chi connectivity index (χ2v) is 5.69. The molecule has 2 rings (SSSR count). The third kappa shape index (κ3) is 4.03. The van der Waals surface area contributed by atoms with Gasteiger partial charge in [0.05, 0.1) is 17.8 Å². The van der Waals surface area contributed by atoms with Crippen LogP contribution >= 0.6 is 11.3 Å². The zero-order valence-corrected chi connectivity index (χ0v) is 12.0. The van der Waals surface area contributed by atoms with Gasteiger partial charge in [-0.25, -0.2) is 14.0 Å². The molecule has 1 heterocycles. The van der Waals surface area contributed by atoms with Crippen LogP contribution in [0.25, 0.3) is 0 Å². The van der Waals surface area contributed by atoms with E-state index >= 15 is 0 Å². The summed E-state index contributed by atoms with van der Waals surface area (Å²) in [4.78, 5) is 24.5. The Hall–Kier alpha value is -2.41. The highest BCUT2D eigenvalue weighted by atomic mass is 32.1. The summed E-state index contributed by atoms with van der Waals surface area (Å²) < 4.78 is 13.6. The number of benzene rings is 1. The van der Waals surface area contributed by atoms with Crippen LogP contribution in [-0.2, 0) is 6.54 Å². The molecule has 5 nitrogen and oxygen atoms in total. The van der Waals surface area contributed by atoms with Crippen LogP contribution in [0.1, 0.15) is 20.1 Å². The normalized spacial score (nSPS) is 10.2. The number of aromatic carboxylic acids is 1. The van der Waals surface area contributed by atoms with Crippen LogP contribution in [0.3, 0.4) is 0 Å². The van der Waals surface area contributed by atoms with Gasteiger partial charge in [0.25, 0.3) is 0 Å². The maximum absolute atomic E-state index is 13.6. The molecule has 2 amide bonds. The second-order valence-electron chi connectivity index (χ2n) is 4.32. The summed E-state index contributed by atoms with van der Waals surface area (Å²) in [6.45, 7) is 2.31. The van der Waals surface area contributed by atoms with Gasteiger partial charge in [-0.15, -0.1) is 11.3 Å². The Morgan fingerprint density at radius 2 is 2.05 bits per heavy atom. The summed E-state index contributed by atoms with van der Waals surface area (Å²) >= 11 is 1.56. The fourth-order valence-corrected chi connectivity index (χ4v) is 2.49. The molecule has 1 aromatic heterocycles. The molecule has 0 aliphatic rings. The second kappa shape index (κ2) is 6.36. The summed E-state index contributed by atoms with van der Waals surface area (Å²) in [6.07, 6.45) is 0. The molecule has 0 fully saturated rings. The SMILES string of the molecule is Cc1ccc(CNC(=O)Nc2ccc(C(=O)O)cc2F)s1. The van der Waals surface area contributed by atoms with E-state index in [1.165, 1.54) is 12.1 Å². The van der Waals surface area contributed by atoms with E-state index in [2.05, 4.69) is 10.6 Å². The van der Waals surface area contributed by atoms with Crippen molar-refractivity contribution >= 4 is 29.0 Å². The largest absolute Gasteiger partial charge is 0.478 e. The number of urea groups is 1. The van der Waals surface area contributed by atoms with E-state index in [0.29, 0.717) is 6.54 Å². The minimum atomic E-state index is -1.22. The van der Waals surface area contributed by atoms with Gasteiger partial charge in [0.15, 0.2) is 0 Å². The van der Waals surface area contributed by atoms with Crippen LogP contribution in [0.5, 0.6) is 0 Å². The molecule has 3 N–H and O–H groups in total. The van der Waals surface area contributed by atoms with Gasteiger partial charge in [-0.3, -0.25) is 0 Å². The van der Waals surface area contributed by atoms with E-state index in [0.717, 1.165) is 15.8 Å². The number of carbonyl (C=O) groups excluding carboxylic acids is 1. The quantitative estimate of drug-likeness (QED) is 0.811. The van der Waals surface area contributed by atoms with Crippen LogP contribution in [0.4, 0.5) is 14.9 Å². The molecule has 2 aromatic rings. The van der Waals surface area contributed by atoms with Crippen molar-refractivity contribution in [2.45, 2.75) is 13.5 Å². The molecule has 0 atom stereocenters. The Balaban J connectivity index is 1.94. The predicted octanol–water partition coefficient (Wildman–Crippen LogP) is 3.22. The van der Waals surface area contributed by atoms with Crippen molar-refractivity contribution in [3.8, 4) is 0 Å². The van der Waals surface area contributed by atoms with Crippen molar-refractivity contribution in [3.63, 3.8) is 0 Å². The minimum absolute atomic E-state index is 0.0696. The van der Waals surface area contributed by atoms with E-state index in [1.54, 1.807) is 11.3 Å². The number of rotatable bonds is 4. The van der Waals surface area contributed by atoms with Crippen molar-refractivity contribution in [2.24, 2.45) is 0 Å². The van der Waals surface area contributed by atoms with Gasteiger partial charge < -0.3 is 15.7 Å². The number of hydrogen-bond donors (Lipinski definition) is 3. The number of halogens is 1. The molecular formula is C14H13FN2O3S. The van der Waals surface area contributed by atoms with Crippen LogP contribution < -0.4 is 10.6 Å². The number of anilines is 1. The smallest absolute Gasteiger partial charge is 0.335 e.